The first-order valence-electron chi connectivity index (χ1n) is 5.22. The van der Waals surface area contributed by atoms with Crippen LogP contribution in [0.15, 0.2) is 48.5 Å². The summed E-state index contributed by atoms with van der Waals surface area (Å²) in [7, 11) is 0. The molecule has 0 unspecified atom stereocenters. The van der Waals surface area contributed by atoms with Crippen molar-refractivity contribution < 1.29 is 36.9 Å². The maximum atomic E-state index is 11.0. The molecule has 0 aliphatic heterocycles. The second-order valence-electron chi connectivity index (χ2n) is 3.70. The van der Waals surface area contributed by atoms with Crippen LogP contribution >= 0.6 is 0 Å². The van der Waals surface area contributed by atoms with Crippen LogP contribution in [0.25, 0.3) is 11.1 Å². The second-order valence-corrected chi connectivity index (χ2v) is 3.70. The molecule has 1 radical (unpaired) electrons. The average molecular weight is 304 g/mol. The van der Waals surface area contributed by atoms with E-state index in [1.54, 1.807) is 18.2 Å². The van der Waals surface area contributed by atoms with Crippen molar-refractivity contribution in [2.45, 2.75) is 0 Å². The Labute approximate surface area is 120 Å². The van der Waals surface area contributed by atoms with Gasteiger partial charge < -0.3 is 19.8 Å². The molecule has 0 N–H and O–H groups in total. The minimum Gasteiger partial charge on any atom is -0.545 e. The Morgan fingerprint density at radius 2 is 1.37 bits per heavy atom. The quantitative estimate of drug-likeness (QED) is 0.752. The number of carbonyl (C=O) groups excluding carboxylic acids is 2. The van der Waals surface area contributed by atoms with Crippen LogP contribution in [0.4, 0.5) is 0 Å². The van der Waals surface area contributed by atoms with Crippen molar-refractivity contribution in [3.05, 3.63) is 59.7 Å². The molecule has 4 nitrogen and oxygen atoms in total. The normalized spacial score (nSPS) is 9.47. The van der Waals surface area contributed by atoms with E-state index >= 15 is 0 Å². The molecule has 5 heteroatoms. The summed E-state index contributed by atoms with van der Waals surface area (Å²) in [5, 5.41) is 21.6. The molecule has 0 heterocycles. The Hall–Kier alpha value is -2.10. The summed E-state index contributed by atoms with van der Waals surface area (Å²) in [5.41, 5.74) is 1.21. The maximum absolute atomic E-state index is 11.0. The van der Waals surface area contributed by atoms with E-state index in [-0.39, 0.29) is 28.2 Å². The van der Waals surface area contributed by atoms with Crippen molar-refractivity contribution in [1.82, 2.24) is 0 Å². The van der Waals surface area contributed by atoms with Gasteiger partial charge in [-0.25, -0.2) is 0 Å². The predicted molar refractivity (Wildman–Crippen MR) is 60.5 cm³/mol. The largest absolute Gasteiger partial charge is 2.00 e. The summed E-state index contributed by atoms with van der Waals surface area (Å²) in [6, 6.07) is 12.2. The van der Waals surface area contributed by atoms with Crippen LogP contribution in [0.1, 0.15) is 20.7 Å². The van der Waals surface area contributed by atoms with Crippen LogP contribution in [0.5, 0.6) is 0 Å². The third-order valence-corrected chi connectivity index (χ3v) is 2.58. The molecule has 0 saturated carbocycles. The van der Waals surface area contributed by atoms with E-state index in [0.29, 0.717) is 11.1 Å². The molecule has 0 bridgehead atoms. The Kier molecular flexibility index (Phi) is 4.87. The number of benzene rings is 2. The van der Waals surface area contributed by atoms with Gasteiger partial charge in [-0.15, -0.1) is 0 Å². The van der Waals surface area contributed by atoms with Crippen molar-refractivity contribution in [2.24, 2.45) is 0 Å². The molecular formula is C14H8CuO4. The van der Waals surface area contributed by atoms with E-state index in [1.165, 1.54) is 30.3 Å². The van der Waals surface area contributed by atoms with Gasteiger partial charge in [-0.05, 0) is 16.7 Å². The molecule has 99 valence electrons. The van der Waals surface area contributed by atoms with Crippen LogP contribution in [0, 0.1) is 0 Å². The van der Waals surface area contributed by atoms with Crippen LogP contribution in [-0.2, 0) is 17.1 Å². The molecule has 2 aromatic rings. The standard InChI is InChI=1S/C14H10O4.Cu/c15-13(16)10-7-5-9(6-8-10)11-3-1-2-4-12(11)14(17)18;/h1-8H,(H,15,16)(H,17,18);/q;+2/p-2. The zero-order valence-electron chi connectivity index (χ0n) is 9.55. The molecule has 0 aliphatic rings. The van der Waals surface area contributed by atoms with Gasteiger partial charge in [0.15, 0.2) is 0 Å². The van der Waals surface area contributed by atoms with Gasteiger partial charge in [-0.1, -0.05) is 48.5 Å². The molecule has 0 spiro atoms. The van der Waals surface area contributed by atoms with Crippen LogP contribution < -0.4 is 10.2 Å². The van der Waals surface area contributed by atoms with Crippen molar-refractivity contribution in [3.63, 3.8) is 0 Å². The Balaban J connectivity index is 0.00000180. The number of carboxylic acids is 2. The van der Waals surface area contributed by atoms with Gasteiger partial charge in [0.05, 0.1) is 11.9 Å². The molecule has 0 aliphatic carbocycles. The molecule has 0 saturated heterocycles. The summed E-state index contributed by atoms with van der Waals surface area (Å²) in [6.07, 6.45) is 0. The van der Waals surface area contributed by atoms with Crippen LogP contribution in [-0.4, -0.2) is 11.9 Å². The number of carboxylic acid groups (broad SMARTS) is 2. The van der Waals surface area contributed by atoms with E-state index in [4.69, 9.17) is 0 Å². The van der Waals surface area contributed by atoms with Gasteiger partial charge in [-0.2, -0.15) is 0 Å². The summed E-state index contributed by atoms with van der Waals surface area (Å²) >= 11 is 0. The predicted octanol–water partition coefficient (Wildman–Crippen LogP) is 0.0781. The maximum Gasteiger partial charge on any atom is 2.00 e. The minimum atomic E-state index is -1.27. The fraction of sp³-hybridized carbons (Fsp3) is 0. The molecule has 0 fully saturated rings. The number of aromatic carboxylic acids is 2. The van der Waals surface area contributed by atoms with Crippen molar-refractivity contribution in [3.8, 4) is 11.1 Å². The Morgan fingerprint density at radius 1 is 0.789 bits per heavy atom. The summed E-state index contributed by atoms with van der Waals surface area (Å²) in [5.74, 6) is -2.54. The summed E-state index contributed by atoms with van der Waals surface area (Å²) in [4.78, 5) is 21.6. The first-order valence-corrected chi connectivity index (χ1v) is 5.22. The molecule has 2 aromatic carbocycles. The van der Waals surface area contributed by atoms with Crippen molar-refractivity contribution in [2.75, 3.05) is 0 Å². The van der Waals surface area contributed by atoms with Gasteiger partial charge in [-0.3, -0.25) is 0 Å². The molecule has 2 rings (SSSR count). The molecular weight excluding hydrogens is 296 g/mol. The van der Waals surface area contributed by atoms with E-state index in [0.717, 1.165) is 0 Å². The average Bonchev–Trinajstić information content (AvgIpc) is 2.39. The number of hydrogen-bond donors (Lipinski definition) is 0. The van der Waals surface area contributed by atoms with Crippen molar-refractivity contribution in [1.29, 1.82) is 0 Å². The zero-order chi connectivity index (χ0) is 13.1. The minimum absolute atomic E-state index is 0. The van der Waals surface area contributed by atoms with Gasteiger partial charge in [0, 0.05) is 5.56 Å². The topological polar surface area (TPSA) is 80.3 Å². The van der Waals surface area contributed by atoms with Gasteiger partial charge in [0.25, 0.3) is 0 Å². The van der Waals surface area contributed by atoms with E-state index in [2.05, 4.69) is 0 Å². The SMILES string of the molecule is O=C([O-])c1ccc(-c2ccccc2C(=O)[O-])cc1.[Cu+2]. The zero-order valence-corrected chi connectivity index (χ0v) is 10.5. The molecule has 0 amide bonds. The third-order valence-electron chi connectivity index (χ3n) is 2.58. The first kappa shape index (κ1) is 15.0. The Bertz CT molecular complexity index is 605. The van der Waals surface area contributed by atoms with Gasteiger partial charge >= 0.3 is 17.1 Å². The first-order chi connectivity index (χ1) is 8.59. The number of rotatable bonds is 3. The fourth-order valence-electron chi connectivity index (χ4n) is 1.70. The smallest absolute Gasteiger partial charge is 0.545 e. The number of carbonyl (C=O) groups is 2. The van der Waals surface area contributed by atoms with Crippen molar-refractivity contribution >= 4 is 11.9 Å². The van der Waals surface area contributed by atoms with E-state index in [1.807, 2.05) is 0 Å². The monoisotopic (exact) mass is 303 g/mol. The summed E-state index contributed by atoms with van der Waals surface area (Å²) in [6.45, 7) is 0. The van der Waals surface area contributed by atoms with E-state index < -0.39 is 11.9 Å². The van der Waals surface area contributed by atoms with Crippen LogP contribution in [0.2, 0.25) is 0 Å². The fourth-order valence-corrected chi connectivity index (χ4v) is 1.70. The third kappa shape index (κ3) is 3.22. The molecule has 0 atom stereocenters. The van der Waals surface area contributed by atoms with Gasteiger partial charge in [0.1, 0.15) is 0 Å². The Morgan fingerprint density at radius 3 is 1.89 bits per heavy atom. The van der Waals surface area contributed by atoms with Gasteiger partial charge in [0.2, 0.25) is 0 Å². The second kappa shape index (κ2) is 6.18. The summed E-state index contributed by atoms with van der Waals surface area (Å²) < 4.78 is 0. The molecule has 19 heavy (non-hydrogen) atoms. The number of hydrogen-bond acceptors (Lipinski definition) is 4. The molecule has 0 aromatic heterocycles. The van der Waals surface area contributed by atoms with Crippen LogP contribution in [0.3, 0.4) is 0 Å². The van der Waals surface area contributed by atoms with E-state index in [9.17, 15) is 19.8 Å².